The second kappa shape index (κ2) is 11.0. The molecule has 0 aliphatic rings. The quantitative estimate of drug-likeness (QED) is 0.283. The summed E-state index contributed by atoms with van der Waals surface area (Å²) >= 11 is 0. The number of carbonyl (C=O) groups excluding carboxylic acids is 1. The molecule has 1 atom stereocenters. The van der Waals surface area contributed by atoms with Crippen LogP contribution in [0.3, 0.4) is 0 Å². The van der Waals surface area contributed by atoms with Crippen LogP contribution >= 0.6 is 0 Å². The van der Waals surface area contributed by atoms with Crippen LogP contribution < -0.4 is 10.1 Å². The van der Waals surface area contributed by atoms with E-state index in [1.807, 2.05) is 54.6 Å². The molecular formula is C29H22F3NO4. The topological polar surface area (TPSA) is 75.6 Å². The van der Waals surface area contributed by atoms with Crippen LogP contribution in [-0.4, -0.2) is 23.0 Å². The maximum Gasteiger partial charge on any atom is 0.416 e. The van der Waals surface area contributed by atoms with Gasteiger partial charge in [0.2, 0.25) is 0 Å². The number of carbonyl (C=O) groups is 2. The van der Waals surface area contributed by atoms with Crippen molar-refractivity contribution in [3.8, 4) is 22.6 Å². The van der Waals surface area contributed by atoms with Gasteiger partial charge in [0, 0.05) is 12.0 Å². The highest BCUT2D eigenvalue weighted by molar-refractivity contribution is 5.96. The summed E-state index contributed by atoms with van der Waals surface area (Å²) in [4.78, 5) is 24.5. The Hall–Kier alpha value is -4.59. The number of hydrogen-bond acceptors (Lipinski definition) is 3. The van der Waals surface area contributed by atoms with Gasteiger partial charge in [-0.1, -0.05) is 54.6 Å². The van der Waals surface area contributed by atoms with E-state index in [0.717, 1.165) is 28.8 Å². The molecule has 0 aliphatic heterocycles. The first-order valence-corrected chi connectivity index (χ1v) is 11.3. The van der Waals surface area contributed by atoms with E-state index in [9.17, 15) is 27.9 Å². The lowest BCUT2D eigenvalue weighted by molar-refractivity contribution is -0.139. The molecule has 0 aliphatic carbocycles. The summed E-state index contributed by atoms with van der Waals surface area (Å²) in [6.45, 7) is 0. The zero-order valence-electron chi connectivity index (χ0n) is 19.4. The van der Waals surface area contributed by atoms with Gasteiger partial charge in [-0.25, -0.2) is 4.79 Å². The molecule has 0 aromatic heterocycles. The molecule has 0 spiro atoms. The van der Waals surface area contributed by atoms with Crippen LogP contribution in [0.25, 0.3) is 11.1 Å². The van der Waals surface area contributed by atoms with E-state index in [1.54, 1.807) is 0 Å². The molecular weight excluding hydrogens is 483 g/mol. The van der Waals surface area contributed by atoms with Crippen molar-refractivity contribution in [1.82, 2.24) is 5.32 Å². The van der Waals surface area contributed by atoms with Crippen LogP contribution in [0.15, 0.2) is 103 Å². The number of ether oxygens (including phenoxy) is 1. The van der Waals surface area contributed by atoms with Crippen molar-refractivity contribution in [3.63, 3.8) is 0 Å². The monoisotopic (exact) mass is 505 g/mol. The number of alkyl halides is 3. The highest BCUT2D eigenvalue weighted by Crippen LogP contribution is 2.31. The number of halogens is 3. The maximum atomic E-state index is 12.7. The number of hydrogen-bond donors (Lipinski definition) is 2. The lowest BCUT2D eigenvalue weighted by Gasteiger charge is -2.15. The molecule has 0 saturated carbocycles. The molecule has 1 unspecified atom stereocenters. The first-order valence-electron chi connectivity index (χ1n) is 11.3. The number of benzene rings is 4. The van der Waals surface area contributed by atoms with E-state index in [-0.39, 0.29) is 17.7 Å². The van der Waals surface area contributed by atoms with Crippen molar-refractivity contribution in [1.29, 1.82) is 0 Å². The minimum absolute atomic E-state index is 0.102. The molecule has 0 heterocycles. The molecule has 8 heteroatoms. The van der Waals surface area contributed by atoms with Crippen LogP contribution in [0, 0.1) is 0 Å². The number of carboxylic acids is 1. The predicted molar refractivity (Wildman–Crippen MR) is 132 cm³/mol. The van der Waals surface area contributed by atoms with Gasteiger partial charge in [-0.15, -0.1) is 0 Å². The third kappa shape index (κ3) is 6.76. The molecule has 0 saturated heterocycles. The average Bonchev–Trinajstić information content (AvgIpc) is 2.89. The summed E-state index contributed by atoms with van der Waals surface area (Å²) < 4.78 is 43.6. The highest BCUT2D eigenvalue weighted by atomic mass is 19.4. The van der Waals surface area contributed by atoms with Crippen molar-refractivity contribution in [2.45, 2.75) is 18.6 Å². The molecule has 4 aromatic rings. The molecule has 4 aromatic carbocycles. The Morgan fingerprint density at radius 1 is 0.757 bits per heavy atom. The van der Waals surface area contributed by atoms with Gasteiger partial charge in [-0.3, -0.25) is 4.79 Å². The highest BCUT2D eigenvalue weighted by Gasteiger charge is 2.30. The van der Waals surface area contributed by atoms with Crippen LogP contribution in [0.5, 0.6) is 11.5 Å². The Bertz CT molecular complexity index is 1350. The average molecular weight is 505 g/mol. The third-order valence-electron chi connectivity index (χ3n) is 5.64. The Kier molecular flexibility index (Phi) is 7.57. The summed E-state index contributed by atoms with van der Waals surface area (Å²) in [5.74, 6) is -1.23. The van der Waals surface area contributed by atoms with Gasteiger partial charge < -0.3 is 15.2 Å². The van der Waals surface area contributed by atoms with Crippen LogP contribution in [0.4, 0.5) is 13.2 Å². The lowest BCUT2D eigenvalue weighted by Crippen LogP contribution is -2.42. The zero-order chi connectivity index (χ0) is 26.4. The zero-order valence-corrected chi connectivity index (χ0v) is 19.4. The Morgan fingerprint density at radius 2 is 1.30 bits per heavy atom. The predicted octanol–water partition coefficient (Wildman–Crippen LogP) is 6.59. The van der Waals surface area contributed by atoms with E-state index < -0.39 is 29.7 Å². The number of carboxylic acid groups (broad SMARTS) is 1. The number of nitrogens with one attached hydrogen (secondary N) is 1. The minimum atomic E-state index is -4.44. The summed E-state index contributed by atoms with van der Waals surface area (Å²) in [6, 6.07) is 26.2. The summed E-state index contributed by atoms with van der Waals surface area (Å²) in [5.41, 5.74) is 2.23. The fourth-order valence-electron chi connectivity index (χ4n) is 3.66. The second-order valence-electron chi connectivity index (χ2n) is 8.28. The van der Waals surface area contributed by atoms with E-state index in [1.165, 1.54) is 36.4 Å². The molecule has 5 nitrogen and oxygen atoms in total. The van der Waals surface area contributed by atoms with E-state index >= 15 is 0 Å². The first-order chi connectivity index (χ1) is 17.7. The SMILES string of the molecule is O=C(NC(Cc1ccc(-c2ccccc2)cc1)C(=O)O)c1ccc(Oc2ccc(C(F)(F)F)cc2)cc1. The third-order valence-corrected chi connectivity index (χ3v) is 5.64. The number of amides is 1. The van der Waals surface area contributed by atoms with Gasteiger partial charge >= 0.3 is 12.1 Å². The second-order valence-corrected chi connectivity index (χ2v) is 8.28. The van der Waals surface area contributed by atoms with Crippen LogP contribution in [0.1, 0.15) is 21.5 Å². The molecule has 188 valence electrons. The Balaban J connectivity index is 1.37. The fraction of sp³-hybridized carbons (Fsp3) is 0.103. The van der Waals surface area contributed by atoms with Gasteiger partial charge in [0.1, 0.15) is 17.5 Å². The van der Waals surface area contributed by atoms with Crippen molar-refractivity contribution >= 4 is 11.9 Å². The molecule has 1 amide bonds. The standard InChI is InChI=1S/C29H22F3NO4/c30-29(31,32)23-12-16-25(17-13-23)37-24-14-10-22(11-15-24)27(34)33-26(28(35)36)18-19-6-8-21(9-7-19)20-4-2-1-3-5-20/h1-17,26H,18H2,(H,33,34)(H,35,36). The number of aliphatic carboxylic acids is 1. The summed E-state index contributed by atoms with van der Waals surface area (Å²) in [6.07, 6.45) is -4.34. The van der Waals surface area contributed by atoms with Gasteiger partial charge in [0.05, 0.1) is 5.56 Å². The van der Waals surface area contributed by atoms with E-state index in [4.69, 9.17) is 4.74 Å². The van der Waals surface area contributed by atoms with Gasteiger partial charge in [0.25, 0.3) is 5.91 Å². The molecule has 2 N–H and O–H groups in total. The smallest absolute Gasteiger partial charge is 0.416 e. The Labute approximate surface area is 211 Å². The lowest BCUT2D eigenvalue weighted by atomic mass is 10.0. The van der Waals surface area contributed by atoms with Gasteiger partial charge in [-0.2, -0.15) is 13.2 Å². The Morgan fingerprint density at radius 3 is 1.84 bits per heavy atom. The van der Waals surface area contributed by atoms with Gasteiger partial charge in [-0.05, 0) is 65.2 Å². The molecule has 0 radical (unpaired) electrons. The van der Waals surface area contributed by atoms with E-state index in [2.05, 4.69) is 5.32 Å². The summed E-state index contributed by atoms with van der Waals surface area (Å²) in [7, 11) is 0. The number of rotatable bonds is 8. The van der Waals surface area contributed by atoms with Crippen molar-refractivity contribution in [2.75, 3.05) is 0 Å². The summed E-state index contributed by atoms with van der Waals surface area (Å²) in [5, 5.41) is 12.2. The van der Waals surface area contributed by atoms with Crippen molar-refractivity contribution in [3.05, 3.63) is 120 Å². The normalized spacial score (nSPS) is 12.0. The first kappa shape index (κ1) is 25.5. The molecule has 4 rings (SSSR count). The van der Waals surface area contributed by atoms with E-state index in [0.29, 0.717) is 5.75 Å². The molecule has 37 heavy (non-hydrogen) atoms. The van der Waals surface area contributed by atoms with Crippen LogP contribution in [0.2, 0.25) is 0 Å². The van der Waals surface area contributed by atoms with Gasteiger partial charge in [0.15, 0.2) is 0 Å². The fourth-order valence-corrected chi connectivity index (χ4v) is 3.66. The van der Waals surface area contributed by atoms with Crippen molar-refractivity contribution < 1.29 is 32.6 Å². The molecule has 0 fully saturated rings. The van der Waals surface area contributed by atoms with Crippen molar-refractivity contribution in [2.24, 2.45) is 0 Å². The van der Waals surface area contributed by atoms with Crippen LogP contribution in [-0.2, 0) is 17.4 Å². The molecule has 0 bridgehead atoms. The minimum Gasteiger partial charge on any atom is -0.480 e. The largest absolute Gasteiger partial charge is 0.480 e. The maximum absolute atomic E-state index is 12.7.